The second-order valence-corrected chi connectivity index (χ2v) is 4.67. The molecule has 1 aliphatic carbocycles. The zero-order valence-corrected chi connectivity index (χ0v) is 9.41. The Morgan fingerprint density at radius 2 is 1.50 bits per heavy atom. The fraction of sp³-hybridized carbons (Fsp3) is 0.500. The molecule has 2 rings (SSSR count). The first-order valence-electron chi connectivity index (χ1n) is 5.32. The molecule has 0 aliphatic heterocycles. The second-order valence-electron chi connectivity index (χ2n) is 4.67. The third-order valence-electron chi connectivity index (χ3n) is 3.25. The van der Waals surface area contributed by atoms with E-state index in [0.29, 0.717) is 6.07 Å². The first kappa shape index (κ1) is 13.2. The van der Waals surface area contributed by atoms with E-state index in [2.05, 4.69) is 0 Å². The average molecular weight is 268 g/mol. The molecule has 0 heterocycles. The molecule has 0 unspecified atom stereocenters. The molecule has 100 valence electrons. The van der Waals surface area contributed by atoms with Gasteiger partial charge in [-0.2, -0.15) is 26.3 Å². The van der Waals surface area contributed by atoms with Crippen molar-refractivity contribution in [1.82, 2.24) is 0 Å². The third kappa shape index (κ3) is 2.08. The summed E-state index contributed by atoms with van der Waals surface area (Å²) in [6, 6.07) is 2.67. The Kier molecular flexibility index (Phi) is 2.68. The molecule has 0 atom stereocenters. The van der Waals surface area contributed by atoms with Gasteiger partial charge in [0.1, 0.15) is 0 Å². The van der Waals surface area contributed by atoms with Crippen LogP contribution in [-0.4, -0.2) is 6.18 Å². The van der Waals surface area contributed by atoms with E-state index < -0.39 is 23.3 Å². The number of halogens is 6. The molecule has 0 N–H and O–H groups in total. The predicted molar refractivity (Wildman–Crippen MR) is 53.1 cm³/mol. The number of aryl methyl sites for hydroxylation is 1. The molecule has 1 aliphatic rings. The topological polar surface area (TPSA) is 0 Å². The number of alkyl halides is 6. The first-order valence-corrected chi connectivity index (χ1v) is 5.32. The van der Waals surface area contributed by atoms with Crippen molar-refractivity contribution in [2.24, 2.45) is 0 Å². The van der Waals surface area contributed by atoms with E-state index >= 15 is 0 Å². The van der Waals surface area contributed by atoms with E-state index in [1.54, 1.807) is 0 Å². The molecular formula is C12H10F6. The lowest BCUT2D eigenvalue weighted by Crippen LogP contribution is -2.29. The highest BCUT2D eigenvalue weighted by molar-refractivity contribution is 5.40. The van der Waals surface area contributed by atoms with Gasteiger partial charge in [-0.25, -0.2) is 0 Å². The van der Waals surface area contributed by atoms with Gasteiger partial charge in [-0.1, -0.05) is 11.6 Å². The molecule has 1 aromatic rings. The quantitative estimate of drug-likeness (QED) is 0.652. The summed E-state index contributed by atoms with van der Waals surface area (Å²) in [4.78, 5) is 0. The lowest BCUT2D eigenvalue weighted by Gasteiger charge is -2.21. The highest BCUT2D eigenvalue weighted by atomic mass is 19.4. The van der Waals surface area contributed by atoms with Crippen LogP contribution in [0.1, 0.15) is 29.5 Å². The highest BCUT2D eigenvalue weighted by Crippen LogP contribution is 2.59. The second kappa shape index (κ2) is 3.65. The Bertz CT molecular complexity index is 464. The minimum atomic E-state index is -4.62. The maximum atomic E-state index is 12.9. The fourth-order valence-electron chi connectivity index (χ4n) is 2.08. The molecule has 0 saturated heterocycles. The Hall–Kier alpha value is -1.20. The van der Waals surface area contributed by atoms with Crippen molar-refractivity contribution in [2.45, 2.75) is 37.5 Å². The van der Waals surface area contributed by atoms with Gasteiger partial charge in [-0.15, -0.1) is 0 Å². The molecule has 0 radical (unpaired) electrons. The average Bonchev–Trinajstić information content (AvgIpc) is 2.94. The maximum Gasteiger partial charge on any atom is 0.416 e. The molecule has 1 saturated carbocycles. The van der Waals surface area contributed by atoms with Crippen molar-refractivity contribution in [3.8, 4) is 0 Å². The van der Waals surface area contributed by atoms with Gasteiger partial charge in [0, 0.05) is 0 Å². The summed E-state index contributed by atoms with van der Waals surface area (Å²) < 4.78 is 76.3. The molecular weight excluding hydrogens is 258 g/mol. The molecule has 0 spiro atoms. The summed E-state index contributed by atoms with van der Waals surface area (Å²) in [5.41, 5.74) is -3.18. The normalized spacial score (nSPS) is 18.8. The van der Waals surface area contributed by atoms with E-state index in [0.717, 1.165) is 6.07 Å². The van der Waals surface area contributed by atoms with Crippen LogP contribution in [0, 0.1) is 6.92 Å². The van der Waals surface area contributed by atoms with E-state index in [4.69, 9.17) is 0 Å². The minimum Gasteiger partial charge on any atom is -0.170 e. The summed E-state index contributed by atoms with van der Waals surface area (Å²) in [6.07, 6.45) is -9.40. The molecule has 1 aromatic carbocycles. The summed E-state index contributed by atoms with van der Waals surface area (Å²) in [5, 5.41) is 0. The molecule has 0 aromatic heterocycles. The van der Waals surface area contributed by atoms with Crippen molar-refractivity contribution in [3.63, 3.8) is 0 Å². The van der Waals surface area contributed by atoms with Crippen LogP contribution in [0.5, 0.6) is 0 Å². The summed E-state index contributed by atoms with van der Waals surface area (Å²) >= 11 is 0. The van der Waals surface area contributed by atoms with Crippen LogP contribution in [-0.2, 0) is 11.6 Å². The molecule has 0 nitrogen and oxygen atoms in total. The SMILES string of the molecule is Cc1cc(C(F)(F)F)cc(C2(C(F)(F)F)CC2)c1. The van der Waals surface area contributed by atoms with E-state index in [-0.39, 0.29) is 24.0 Å². The van der Waals surface area contributed by atoms with Gasteiger partial charge < -0.3 is 0 Å². The van der Waals surface area contributed by atoms with Crippen molar-refractivity contribution < 1.29 is 26.3 Å². The number of benzene rings is 1. The zero-order chi connectivity index (χ0) is 13.8. The molecule has 0 bridgehead atoms. The standard InChI is InChI=1S/C12H10F6/c1-7-4-8(6-9(5-7)11(13,14)15)10(2-3-10)12(16,17)18/h4-6H,2-3H2,1H3. The number of rotatable bonds is 1. The zero-order valence-electron chi connectivity index (χ0n) is 9.41. The van der Waals surface area contributed by atoms with Gasteiger partial charge in [-0.3, -0.25) is 0 Å². The smallest absolute Gasteiger partial charge is 0.170 e. The fourth-order valence-corrected chi connectivity index (χ4v) is 2.08. The summed E-state index contributed by atoms with van der Waals surface area (Å²) in [6.45, 7) is 1.37. The van der Waals surface area contributed by atoms with Crippen molar-refractivity contribution >= 4 is 0 Å². The summed E-state index contributed by atoms with van der Waals surface area (Å²) in [5.74, 6) is 0. The monoisotopic (exact) mass is 268 g/mol. The van der Waals surface area contributed by atoms with Crippen molar-refractivity contribution in [2.75, 3.05) is 0 Å². The molecule has 0 amide bonds. The third-order valence-corrected chi connectivity index (χ3v) is 3.25. The van der Waals surface area contributed by atoms with Crippen LogP contribution in [0.4, 0.5) is 26.3 Å². The Labute approximate surface area is 99.6 Å². The van der Waals surface area contributed by atoms with Gasteiger partial charge in [0.15, 0.2) is 0 Å². The van der Waals surface area contributed by atoms with Crippen LogP contribution in [0.2, 0.25) is 0 Å². The predicted octanol–water partition coefficient (Wildman–Crippen LogP) is 4.61. The number of hydrogen-bond donors (Lipinski definition) is 0. The summed E-state index contributed by atoms with van der Waals surface area (Å²) in [7, 11) is 0. The molecule has 18 heavy (non-hydrogen) atoms. The lowest BCUT2D eigenvalue weighted by atomic mass is 9.92. The Balaban J connectivity index is 2.51. The maximum absolute atomic E-state index is 12.9. The highest BCUT2D eigenvalue weighted by Gasteiger charge is 2.64. The molecule has 1 fully saturated rings. The van der Waals surface area contributed by atoms with Crippen LogP contribution in [0.15, 0.2) is 18.2 Å². The van der Waals surface area contributed by atoms with Crippen LogP contribution in [0.3, 0.4) is 0 Å². The number of hydrogen-bond acceptors (Lipinski definition) is 0. The van der Waals surface area contributed by atoms with Gasteiger partial charge in [0.25, 0.3) is 0 Å². The first-order chi connectivity index (χ1) is 8.06. The molecule has 6 heteroatoms. The largest absolute Gasteiger partial charge is 0.416 e. The van der Waals surface area contributed by atoms with E-state index in [1.807, 2.05) is 0 Å². The van der Waals surface area contributed by atoms with Crippen LogP contribution >= 0.6 is 0 Å². The van der Waals surface area contributed by atoms with Gasteiger partial charge in [0.05, 0.1) is 11.0 Å². The Morgan fingerprint density at radius 3 is 1.89 bits per heavy atom. The van der Waals surface area contributed by atoms with Crippen LogP contribution < -0.4 is 0 Å². The van der Waals surface area contributed by atoms with E-state index in [9.17, 15) is 26.3 Å². The minimum absolute atomic E-state index is 0.142. The van der Waals surface area contributed by atoms with Gasteiger partial charge >= 0.3 is 12.4 Å². The lowest BCUT2D eigenvalue weighted by molar-refractivity contribution is -0.161. The van der Waals surface area contributed by atoms with Gasteiger partial charge in [0.2, 0.25) is 0 Å². The van der Waals surface area contributed by atoms with E-state index in [1.165, 1.54) is 13.0 Å². The Morgan fingerprint density at radius 1 is 0.944 bits per heavy atom. The van der Waals surface area contributed by atoms with Gasteiger partial charge in [-0.05, 0) is 37.5 Å². The van der Waals surface area contributed by atoms with Crippen LogP contribution in [0.25, 0.3) is 0 Å². The van der Waals surface area contributed by atoms with Crippen molar-refractivity contribution in [1.29, 1.82) is 0 Å². The van der Waals surface area contributed by atoms with Crippen molar-refractivity contribution in [3.05, 3.63) is 34.9 Å².